The number of para-hydroxylation sites is 1. The number of fused-ring (bicyclic) bond motifs is 8. The standard InChI is InChI=1S/C26H28INO/c1-16(12-14-27)25-26(2)13-11-19-18-8-4-6-10-22(18)29-24(19)23(26)21-15-17-7-3-5-9-20(17)28(21)25/h4-6,8-11,13,19,21,23-24H,3,7,12,14-15H2,1-2H3/b25-16+. The van der Waals surface area contributed by atoms with Crippen LogP contribution in [0, 0.1) is 11.3 Å². The monoisotopic (exact) mass is 497 g/mol. The zero-order valence-electron chi connectivity index (χ0n) is 17.2. The molecule has 0 spiro atoms. The number of ether oxygens (including phenoxy) is 1. The first kappa shape index (κ1) is 18.3. The molecule has 0 aromatic heterocycles. The van der Waals surface area contributed by atoms with Crippen LogP contribution in [0.1, 0.15) is 51.0 Å². The van der Waals surface area contributed by atoms with E-state index >= 15 is 0 Å². The zero-order chi connectivity index (χ0) is 19.8. The van der Waals surface area contributed by atoms with E-state index in [1.54, 1.807) is 16.8 Å². The first-order valence-electron chi connectivity index (χ1n) is 11.0. The number of hydrogen-bond donors (Lipinski definition) is 0. The lowest BCUT2D eigenvalue weighted by Crippen LogP contribution is -2.44. The van der Waals surface area contributed by atoms with Crippen LogP contribution in [-0.2, 0) is 0 Å². The second-order valence-electron chi connectivity index (χ2n) is 9.45. The lowest BCUT2D eigenvalue weighted by atomic mass is 9.64. The van der Waals surface area contributed by atoms with E-state index in [-0.39, 0.29) is 11.5 Å². The van der Waals surface area contributed by atoms with Crippen LogP contribution < -0.4 is 4.74 Å². The SMILES string of the molecule is C/C(CCI)=C1\N2C3=C(CCC=C3)CC2C2C3Oc4ccccc4C3C=CC12C. The topological polar surface area (TPSA) is 12.5 Å². The quantitative estimate of drug-likeness (QED) is 0.262. The Hall–Kier alpha value is -1.49. The molecule has 5 aliphatic rings. The van der Waals surface area contributed by atoms with Crippen LogP contribution in [0.25, 0.3) is 0 Å². The molecule has 0 amide bonds. The Bertz CT molecular complexity index is 1000. The predicted molar refractivity (Wildman–Crippen MR) is 126 cm³/mol. The van der Waals surface area contributed by atoms with E-state index in [0.29, 0.717) is 17.9 Å². The third kappa shape index (κ3) is 2.40. The Morgan fingerprint density at radius 2 is 2.17 bits per heavy atom. The number of halogens is 1. The minimum atomic E-state index is 0.0492. The molecule has 6 rings (SSSR count). The first-order valence-corrected chi connectivity index (χ1v) is 12.5. The van der Waals surface area contributed by atoms with Crippen LogP contribution in [0.5, 0.6) is 5.75 Å². The molecule has 150 valence electrons. The van der Waals surface area contributed by atoms with Crippen molar-refractivity contribution in [3.63, 3.8) is 0 Å². The van der Waals surface area contributed by atoms with Crippen molar-refractivity contribution in [3.8, 4) is 5.75 Å². The van der Waals surface area contributed by atoms with Crippen LogP contribution in [-0.4, -0.2) is 21.5 Å². The highest BCUT2D eigenvalue weighted by molar-refractivity contribution is 14.1. The summed E-state index contributed by atoms with van der Waals surface area (Å²) in [4.78, 5) is 2.75. The van der Waals surface area contributed by atoms with Crippen molar-refractivity contribution in [2.75, 3.05) is 4.43 Å². The van der Waals surface area contributed by atoms with Gasteiger partial charge in [0.2, 0.25) is 0 Å². The largest absolute Gasteiger partial charge is 0.489 e. The molecule has 0 bridgehead atoms. The van der Waals surface area contributed by atoms with Crippen molar-refractivity contribution in [2.45, 2.75) is 57.6 Å². The summed E-state index contributed by atoms with van der Waals surface area (Å²) in [7, 11) is 0. The number of hydrogen-bond acceptors (Lipinski definition) is 2. The zero-order valence-corrected chi connectivity index (χ0v) is 19.4. The van der Waals surface area contributed by atoms with Crippen molar-refractivity contribution < 1.29 is 4.74 Å². The third-order valence-corrected chi connectivity index (χ3v) is 8.47. The highest BCUT2D eigenvalue weighted by Crippen LogP contribution is 2.63. The molecule has 29 heavy (non-hydrogen) atoms. The highest BCUT2D eigenvalue weighted by atomic mass is 127. The second kappa shape index (κ2) is 6.50. The van der Waals surface area contributed by atoms with Gasteiger partial charge in [0, 0.05) is 44.7 Å². The second-order valence-corrected chi connectivity index (χ2v) is 10.5. The van der Waals surface area contributed by atoms with E-state index in [0.717, 1.165) is 12.2 Å². The number of alkyl halides is 1. The van der Waals surface area contributed by atoms with Crippen molar-refractivity contribution >= 4 is 22.6 Å². The van der Waals surface area contributed by atoms with Crippen LogP contribution in [0.2, 0.25) is 0 Å². The molecule has 2 nitrogen and oxygen atoms in total. The Labute approximate surface area is 187 Å². The van der Waals surface area contributed by atoms with Gasteiger partial charge in [0.1, 0.15) is 11.9 Å². The van der Waals surface area contributed by atoms with Gasteiger partial charge in [-0.2, -0.15) is 0 Å². The Morgan fingerprint density at radius 1 is 1.31 bits per heavy atom. The summed E-state index contributed by atoms with van der Waals surface area (Å²) in [5.41, 5.74) is 7.71. The van der Waals surface area contributed by atoms with Gasteiger partial charge in [0.25, 0.3) is 0 Å². The van der Waals surface area contributed by atoms with Gasteiger partial charge < -0.3 is 9.64 Å². The molecular formula is C26H28INO. The Kier molecular flexibility index (Phi) is 4.10. The Balaban J connectivity index is 1.51. The summed E-state index contributed by atoms with van der Waals surface area (Å²) in [6.07, 6.45) is 14.8. The van der Waals surface area contributed by atoms with E-state index in [1.165, 1.54) is 35.0 Å². The molecule has 3 aliphatic heterocycles. The lowest BCUT2D eigenvalue weighted by molar-refractivity contribution is 0.0785. The average Bonchev–Trinajstić information content (AvgIpc) is 3.34. The van der Waals surface area contributed by atoms with Crippen molar-refractivity contribution in [1.29, 1.82) is 0 Å². The van der Waals surface area contributed by atoms with E-state index in [9.17, 15) is 0 Å². The third-order valence-electron chi connectivity index (χ3n) is 7.93. The Morgan fingerprint density at radius 3 is 3.03 bits per heavy atom. The minimum absolute atomic E-state index is 0.0492. The maximum atomic E-state index is 6.70. The van der Waals surface area contributed by atoms with Crippen molar-refractivity contribution in [1.82, 2.24) is 4.90 Å². The fourth-order valence-electron chi connectivity index (χ4n) is 6.82. The molecule has 5 atom stereocenters. The fraction of sp³-hybridized carbons (Fsp3) is 0.462. The average molecular weight is 497 g/mol. The summed E-state index contributed by atoms with van der Waals surface area (Å²) in [5.74, 6) is 1.98. The van der Waals surface area contributed by atoms with Gasteiger partial charge in [-0.25, -0.2) is 0 Å². The molecular weight excluding hydrogens is 469 g/mol. The van der Waals surface area contributed by atoms with E-state index < -0.39 is 0 Å². The van der Waals surface area contributed by atoms with E-state index in [1.807, 2.05) is 0 Å². The summed E-state index contributed by atoms with van der Waals surface area (Å²) in [5, 5.41) is 0. The molecule has 5 unspecified atom stereocenters. The molecule has 1 saturated heterocycles. The van der Waals surface area contributed by atoms with E-state index in [4.69, 9.17) is 4.74 Å². The van der Waals surface area contributed by atoms with Gasteiger partial charge in [0.15, 0.2) is 0 Å². The van der Waals surface area contributed by atoms with Crippen molar-refractivity contribution in [3.05, 3.63) is 76.7 Å². The molecule has 1 aromatic rings. The molecule has 3 heteroatoms. The van der Waals surface area contributed by atoms with Gasteiger partial charge in [-0.05, 0) is 50.3 Å². The smallest absolute Gasteiger partial charge is 0.123 e. The normalized spacial score (nSPS) is 37.7. The first-order chi connectivity index (χ1) is 14.1. The summed E-state index contributed by atoms with van der Waals surface area (Å²) < 4.78 is 7.87. The molecule has 3 heterocycles. The number of nitrogens with zero attached hydrogens (tertiary/aromatic N) is 1. The van der Waals surface area contributed by atoms with Gasteiger partial charge in [-0.1, -0.05) is 71.5 Å². The summed E-state index contributed by atoms with van der Waals surface area (Å²) in [6, 6.07) is 9.21. The van der Waals surface area contributed by atoms with Gasteiger partial charge >= 0.3 is 0 Å². The number of benzene rings is 1. The summed E-state index contributed by atoms with van der Waals surface area (Å²) in [6.45, 7) is 4.85. The van der Waals surface area contributed by atoms with Gasteiger partial charge in [0.05, 0.1) is 0 Å². The van der Waals surface area contributed by atoms with E-state index in [2.05, 4.69) is 89.9 Å². The lowest BCUT2D eigenvalue weighted by Gasteiger charge is -2.40. The molecule has 0 radical (unpaired) electrons. The van der Waals surface area contributed by atoms with Crippen LogP contribution in [0.4, 0.5) is 0 Å². The minimum Gasteiger partial charge on any atom is -0.489 e. The maximum absolute atomic E-state index is 6.70. The molecule has 0 N–H and O–H groups in total. The maximum Gasteiger partial charge on any atom is 0.123 e. The van der Waals surface area contributed by atoms with Crippen LogP contribution >= 0.6 is 22.6 Å². The molecule has 1 fully saturated rings. The number of rotatable bonds is 2. The fourth-order valence-corrected chi connectivity index (χ4v) is 7.63. The highest BCUT2D eigenvalue weighted by Gasteiger charge is 2.62. The molecule has 2 aliphatic carbocycles. The van der Waals surface area contributed by atoms with Gasteiger partial charge in [-0.3, -0.25) is 0 Å². The molecule has 1 aromatic carbocycles. The van der Waals surface area contributed by atoms with Crippen LogP contribution in [0.3, 0.4) is 0 Å². The van der Waals surface area contributed by atoms with Crippen molar-refractivity contribution in [2.24, 2.45) is 11.3 Å². The predicted octanol–water partition coefficient (Wildman–Crippen LogP) is 6.51. The van der Waals surface area contributed by atoms with Gasteiger partial charge in [-0.15, -0.1) is 0 Å². The molecule has 0 saturated carbocycles. The number of allylic oxidation sites excluding steroid dienone is 4. The summed E-state index contributed by atoms with van der Waals surface area (Å²) >= 11 is 2.52. The van der Waals surface area contributed by atoms with Crippen LogP contribution in [0.15, 0.2) is 71.1 Å².